The molecule has 1 atom stereocenters. The Kier molecular flexibility index (Phi) is 2.03. The number of fused-ring (bicyclic) bond motifs is 1. The van der Waals surface area contributed by atoms with Gasteiger partial charge in [0.1, 0.15) is 5.70 Å². The van der Waals surface area contributed by atoms with E-state index < -0.39 is 0 Å². The number of benzene rings is 1. The van der Waals surface area contributed by atoms with Gasteiger partial charge in [-0.15, -0.1) is 0 Å². The van der Waals surface area contributed by atoms with Crippen LogP contribution in [0.5, 0.6) is 0 Å². The van der Waals surface area contributed by atoms with Gasteiger partial charge in [0.25, 0.3) is 0 Å². The summed E-state index contributed by atoms with van der Waals surface area (Å²) in [4.78, 5) is 6.50. The first kappa shape index (κ1) is 9.21. The molecule has 1 aromatic carbocycles. The van der Waals surface area contributed by atoms with Crippen molar-refractivity contribution < 1.29 is 4.74 Å². The third-order valence-corrected chi connectivity index (χ3v) is 2.69. The fraction of sp³-hybridized carbons (Fsp3) is 0.154. The monoisotopic (exact) mass is 212 g/mol. The van der Waals surface area contributed by atoms with E-state index in [0.717, 1.165) is 11.3 Å². The summed E-state index contributed by atoms with van der Waals surface area (Å²) in [6, 6.07) is 9.96. The lowest BCUT2D eigenvalue weighted by Gasteiger charge is -2.24. The zero-order valence-corrected chi connectivity index (χ0v) is 9.00. The summed E-state index contributed by atoms with van der Waals surface area (Å²) < 4.78 is 5.82. The molecule has 0 N–H and O–H groups in total. The predicted octanol–water partition coefficient (Wildman–Crippen LogP) is 2.13. The minimum absolute atomic E-state index is 0.0693. The molecule has 0 amide bonds. The number of nitrogens with zero attached hydrogens (tertiary/aromatic N) is 2. The van der Waals surface area contributed by atoms with Gasteiger partial charge in [-0.25, -0.2) is 4.99 Å². The minimum atomic E-state index is -0.0693. The fourth-order valence-electron chi connectivity index (χ4n) is 1.85. The van der Waals surface area contributed by atoms with Crippen LogP contribution >= 0.6 is 0 Å². The summed E-state index contributed by atoms with van der Waals surface area (Å²) in [5.41, 5.74) is 1.98. The van der Waals surface area contributed by atoms with Gasteiger partial charge >= 0.3 is 0 Å². The van der Waals surface area contributed by atoms with E-state index in [4.69, 9.17) is 4.74 Å². The molecule has 2 aliphatic rings. The van der Waals surface area contributed by atoms with E-state index in [1.807, 2.05) is 60.6 Å². The molecule has 3 heteroatoms. The standard InChI is InChI=1S/C13H12N2O/c1-15-9-5-8-11-13(15)16-12(14-11)10-6-3-2-4-7-10/h2-9,13H,1H3. The van der Waals surface area contributed by atoms with Crippen LogP contribution < -0.4 is 0 Å². The van der Waals surface area contributed by atoms with Gasteiger partial charge in [-0.1, -0.05) is 18.2 Å². The predicted molar refractivity (Wildman–Crippen MR) is 62.8 cm³/mol. The first-order valence-corrected chi connectivity index (χ1v) is 5.26. The Bertz CT molecular complexity index is 488. The minimum Gasteiger partial charge on any atom is -0.447 e. The van der Waals surface area contributed by atoms with Gasteiger partial charge in [0, 0.05) is 18.8 Å². The molecule has 0 fully saturated rings. The first-order chi connectivity index (χ1) is 7.84. The summed E-state index contributed by atoms with van der Waals surface area (Å²) in [6.45, 7) is 0. The average molecular weight is 212 g/mol. The molecule has 80 valence electrons. The molecule has 0 radical (unpaired) electrons. The lowest BCUT2D eigenvalue weighted by atomic mass is 10.2. The van der Waals surface area contributed by atoms with E-state index in [0.29, 0.717) is 5.90 Å². The summed E-state index contributed by atoms with van der Waals surface area (Å²) in [5, 5.41) is 0. The molecule has 3 nitrogen and oxygen atoms in total. The third kappa shape index (κ3) is 1.41. The zero-order chi connectivity index (χ0) is 11.0. The van der Waals surface area contributed by atoms with Crippen molar-refractivity contribution in [3.63, 3.8) is 0 Å². The van der Waals surface area contributed by atoms with Crippen LogP contribution in [0.2, 0.25) is 0 Å². The number of aliphatic imine (C=N–C) groups is 1. The molecule has 0 saturated carbocycles. The van der Waals surface area contributed by atoms with E-state index in [9.17, 15) is 0 Å². The van der Waals surface area contributed by atoms with Gasteiger partial charge in [0.05, 0.1) is 0 Å². The molecule has 0 spiro atoms. The molecule has 16 heavy (non-hydrogen) atoms. The highest BCUT2D eigenvalue weighted by Crippen LogP contribution is 2.25. The van der Waals surface area contributed by atoms with E-state index in [1.165, 1.54) is 0 Å². The first-order valence-electron chi connectivity index (χ1n) is 5.26. The van der Waals surface area contributed by atoms with E-state index in [2.05, 4.69) is 4.99 Å². The summed E-state index contributed by atoms with van der Waals surface area (Å²) in [5.74, 6) is 0.701. The molecule has 1 aromatic rings. The largest absolute Gasteiger partial charge is 0.447 e. The molecular weight excluding hydrogens is 200 g/mol. The maximum atomic E-state index is 5.82. The van der Waals surface area contributed by atoms with Crippen LogP contribution in [0.3, 0.4) is 0 Å². The van der Waals surface area contributed by atoms with Crippen molar-refractivity contribution >= 4 is 5.90 Å². The van der Waals surface area contributed by atoms with Crippen LogP contribution in [-0.2, 0) is 4.74 Å². The van der Waals surface area contributed by atoms with Crippen molar-refractivity contribution in [2.75, 3.05) is 7.05 Å². The zero-order valence-electron chi connectivity index (χ0n) is 9.00. The molecular formula is C13H12N2O. The van der Waals surface area contributed by atoms with Gasteiger partial charge in [-0.3, -0.25) is 0 Å². The third-order valence-electron chi connectivity index (χ3n) is 2.69. The Labute approximate surface area is 94.4 Å². The second-order valence-corrected chi connectivity index (χ2v) is 3.85. The summed E-state index contributed by atoms with van der Waals surface area (Å²) in [6.07, 6.45) is 5.88. The normalized spacial score (nSPS) is 22.3. The Hall–Kier alpha value is -2.03. The van der Waals surface area contributed by atoms with Crippen molar-refractivity contribution in [2.24, 2.45) is 4.99 Å². The smallest absolute Gasteiger partial charge is 0.223 e. The van der Waals surface area contributed by atoms with Crippen LogP contribution in [0.15, 0.2) is 59.4 Å². The van der Waals surface area contributed by atoms with Crippen LogP contribution in [-0.4, -0.2) is 24.1 Å². The van der Waals surface area contributed by atoms with Gasteiger partial charge in [0.15, 0.2) is 0 Å². The maximum absolute atomic E-state index is 5.82. The second kappa shape index (κ2) is 3.52. The fourth-order valence-corrected chi connectivity index (χ4v) is 1.85. The average Bonchev–Trinajstić information content (AvgIpc) is 2.76. The van der Waals surface area contributed by atoms with Gasteiger partial charge in [-0.05, 0) is 24.3 Å². The molecule has 1 unspecified atom stereocenters. The van der Waals surface area contributed by atoms with Crippen LogP contribution in [0.4, 0.5) is 0 Å². The molecule has 2 heterocycles. The highest BCUT2D eigenvalue weighted by Gasteiger charge is 2.29. The van der Waals surface area contributed by atoms with Crippen molar-refractivity contribution in [3.05, 3.63) is 59.9 Å². The maximum Gasteiger partial charge on any atom is 0.223 e. The number of hydrogen-bond acceptors (Lipinski definition) is 3. The number of ether oxygens (including phenoxy) is 1. The summed E-state index contributed by atoms with van der Waals surface area (Å²) in [7, 11) is 1.98. The highest BCUT2D eigenvalue weighted by atomic mass is 16.5. The molecule has 3 rings (SSSR count). The summed E-state index contributed by atoms with van der Waals surface area (Å²) >= 11 is 0. The molecule has 2 aliphatic heterocycles. The highest BCUT2D eigenvalue weighted by molar-refractivity contribution is 5.96. The molecule has 0 bridgehead atoms. The van der Waals surface area contributed by atoms with Crippen molar-refractivity contribution in [1.29, 1.82) is 0 Å². The Morgan fingerprint density at radius 1 is 1.25 bits per heavy atom. The van der Waals surface area contributed by atoms with E-state index >= 15 is 0 Å². The van der Waals surface area contributed by atoms with Crippen molar-refractivity contribution in [2.45, 2.75) is 6.23 Å². The van der Waals surface area contributed by atoms with Crippen molar-refractivity contribution in [1.82, 2.24) is 4.90 Å². The lowest BCUT2D eigenvalue weighted by molar-refractivity contribution is 0.115. The van der Waals surface area contributed by atoms with E-state index in [1.54, 1.807) is 0 Å². The van der Waals surface area contributed by atoms with Crippen molar-refractivity contribution in [3.8, 4) is 0 Å². The van der Waals surface area contributed by atoms with Crippen LogP contribution in [0.25, 0.3) is 0 Å². The Morgan fingerprint density at radius 3 is 2.81 bits per heavy atom. The van der Waals surface area contributed by atoms with Gasteiger partial charge < -0.3 is 9.64 Å². The number of allylic oxidation sites excluding steroid dienone is 2. The Morgan fingerprint density at radius 2 is 2.06 bits per heavy atom. The second-order valence-electron chi connectivity index (χ2n) is 3.85. The topological polar surface area (TPSA) is 24.8 Å². The lowest BCUT2D eigenvalue weighted by Crippen LogP contribution is -2.30. The molecule has 0 saturated heterocycles. The number of hydrogen-bond donors (Lipinski definition) is 0. The SMILES string of the molecule is CN1C=CC=C2N=C(c3ccccc3)OC21. The molecule has 0 aromatic heterocycles. The number of likely N-dealkylation sites (N-methyl/N-ethyl adjacent to an activating group) is 1. The van der Waals surface area contributed by atoms with Gasteiger partial charge in [0.2, 0.25) is 12.1 Å². The molecule has 0 aliphatic carbocycles. The van der Waals surface area contributed by atoms with Gasteiger partial charge in [-0.2, -0.15) is 0 Å². The van der Waals surface area contributed by atoms with E-state index in [-0.39, 0.29) is 6.23 Å². The van der Waals surface area contributed by atoms with Crippen LogP contribution in [0.1, 0.15) is 5.56 Å². The number of rotatable bonds is 1. The Balaban J connectivity index is 1.94. The quantitative estimate of drug-likeness (QED) is 0.712. The van der Waals surface area contributed by atoms with Crippen LogP contribution in [0, 0.1) is 0 Å².